The van der Waals surface area contributed by atoms with E-state index in [9.17, 15) is 39.6 Å². The number of nitrogens with one attached hydrogen (secondary N) is 1. The zero-order chi connectivity index (χ0) is 55.7. The molecule has 5 N–H and O–H groups in total. The summed E-state index contributed by atoms with van der Waals surface area (Å²) in [6.45, 7) is 10.7. The van der Waals surface area contributed by atoms with Crippen LogP contribution in [0.25, 0.3) is 5.57 Å². The molecule has 1 saturated heterocycles. The second kappa shape index (κ2) is 20.4. The van der Waals surface area contributed by atoms with E-state index in [1.165, 1.54) is 36.4 Å². The minimum atomic E-state index is -2.37. The number of hydrogen-bond donors (Lipinski definition) is 5. The number of benzene rings is 4. The third-order valence-corrected chi connectivity index (χ3v) is 21.4. The molecule has 3 aliphatic carbocycles. The molecule has 2 unspecified atom stereocenters. The van der Waals surface area contributed by atoms with Crippen molar-refractivity contribution in [2.75, 3.05) is 44.6 Å². The number of ether oxygens (including phenoxy) is 4. The van der Waals surface area contributed by atoms with Crippen LogP contribution in [0.3, 0.4) is 0 Å². The molecule has 2 saturated carbocycles. The van der Waals surface area contributed by atoms with Crippen molar-refractivity contribution in [1.82, 2.24) is 5.32 Å². The van der Waals surface area contributed by atoms with Gasteiger partial charge in [0, 0.05) is 64.2 Å². The number of Topliss-reactive ketones (excluding diaryl/α,β-unsaturated/α-hetero) is 1. The van der Waals surface area contributed by atoms with Gasteiger partial charge < -0.3 is 54.5 Å². The predicted molar refractivity (Wildman–Crippen MR) is 292 cm³/mol. The number of aliphatic hydroxyl groups excluding tert-OH is 3. The molecule has 0 radical (unpaired) electrons. The Morgan fingerprint density at radius 3 is 2.00 bits per heavy atom. The number of hydrogen-bond acceptors (Lipinski definition) is 15. The molecular formula is C60H71N3O13Si. The van der Waals surface area contributed by atoms with Crippen LogP contribution in [-0.2, 0) is 38.1 Å². The second-order valence-corrected chi connectivity index (χ2v) is 27.5. The fourth-order valence-electron chi connectivity index (χ4n) is 13.2. The number of carbonyl (C=O) groups excluding carboxylic acids is 5. The van der Waals surface area contributed by atoms with E-state index in [-0.39, 0.29) is 42.6 Å². The van der Waals surface area contributed by atoms with Crippen LogP contribution < -0.4 is 25.5 Å². The molecule has 4 aromatic rings. The van der Waals surface area contributed by atoms with Crippen LogP contribution in [0.15, 0.2) is 114 Å². The standard InChI is InChI=1S/C60H71N3O13Si/c1-34-42(31-60(72)54(76-55(70)36-20-15-12-16-21-36)52-58(4,53(69)50(67)48(34)57(60,2)3)45(65)30-46-59(52,32-73-46)74-33-64)75-56(71)51(68)49(35-18-13-11-14-19-35)61-47(66)23-17-22-39-40-26-24-37(62(5)6)28-43(40)77(9,10)44-29-38(63(7)8)25-27-41(39)44/h11-16,18-22,24-29,33,42,45-46,49-52,54,65,67-68,72H,17,23,30-32H2,1-10H3,(H,61,66)/t42-,45-,46+,49?,50+,51?,52-,54-,58+,59-,60+/m0/s1. The number of esters is 2. The normalized spacial score (nSPS) is 29.2. The monoisotopic (exact) mass is 1070 g/mol. The predicted octanol–water partition coefficient (Wildman–Crippen LogP) is 4.64. The van der Waals surface area contributed by atoms with Gasteiger partial charge in [0.25, 0.3) is 6.47 Å². The third kappa shape index (κ3) is 9.02. The summed E-state index contributed by atoms with van der Waals surface area (Å²) in [6.07, 6.45) is -8.20. The number of amides is 1. The first-order valence-electron chi connectivity index (χ1n) is 26.3. The summed E-state index contributed by atoms with van der Waals surface area (Å²) < 4.78 is 24.2. The second-order valence-electron chi connectivity index (χ2n) is 23.1. The molecule has 2 heterocycles. The number of nitrogens with zero attached hydrogens (tertiary/aromatic N) is 2. The molecule has 1 amide bonds. The SMILES string of the molecule is CC1=C2[C@@H](O)C(=O)[C@@]3(C)[C@H]([C@H](OC(=O)c4ccccc4)[C@](O)(C[C@@H]1OC(=O)C(O)C(NC(=O)CCC=C1c4ccc(N(C)C)cc4[Si](C)(C)c4cc(N(C)C)ccc41)c1ccccc1)C2(C)C)[C@]1(OC=O)CO[C@@H]1C[C@@H]3O. The van der Waals surface area contributed by atoms with Crippen LogP contribution in [0.1, 0.15) is 86.5 Å². The highest BCUT2D eigenvalue weighted by Crippen LogP contribution is 2.64. The van der Waals surface area contributed by atoms with Crippen molar-refractivity contribution in [3.05, 3.63) is 137 Å². The van der Waals surface area contributed by atoms with Crippen molar-refractivity contribution >= 4 is 65.5 Å². The molecule has 4 aromatic carbocycles. The molecule has 5 aliphatic rings. The van der Waals surface area contributed by atoms with Gasteiger partial charge >= 0.3 is 11.9 Å². The molecule has 408 valence electrons. The molecular weight excluding hydrogens is 999 g/mol. The molecule has 17 heteroatoms. The van der Waals surface area contributed by atoms with E-state index in [4.69, 9.17) is 18.9 Å². The average Bonchev–Trinajstić information content (AvgIpc) is 3.29. The zero-order valence-corrected chi connectivity index (χ0v) is 46.4. The van der Waals surface area contributed by atoms with Crippen molar-refractivity contribution in [3.8, 4) is 0 Å². The Kier molecular flexibility index (Phi) is 14.6. The molecule has 0 spiro atoms. The lowest BCUT2D eigenvalue weighted by Crippen LogP contribution is -2.81. The van der Waals surface area contributed by atoms with Crippen LogP contribution in [0, 0.1) is 16.7 Å². The van der Waals surface area contributed by atoms with Gasteiger partial charge in [0.1, 0.15) is 38.1 Å². The maximum absolute atomic E-state index is 15.1. The van der Waals surface area contributed by atoms with Crippen molar-refractivity contribution in [2.45, 2.75) is 120 Å². The maximum atomic E-state index is 15.1. The summed E-state index contributed by atoms with van der Waals surface area (Å²) in [5.74, 6) is -5.01. The lowest BCUT2D eigenvalue weighted by molar-refractivity contribution is -0.343. The van der Waals surface area contributed by atoms with Gasteiger partial charge in [0.05, 0.1) is 35.6 Å². The summed E-state index contributed by atoms with van der Waals surface area (Å²) >= 11 is 0. The fraction of sp³-hybridized carbons (Fsp3) is 0.450. The van der Waals surface area contributed by atoms with Gasteiger partial charge in [-0.1, -0.05) is 93.7 Å². The van der Waals surface area contributed by atoms with Gasteiger partial charge in [0.15, 0.2) is 17.5 Å². The maximum Gasteiger partial charge on any atom is 0.338 e. The van der Waals surface area contributed by atoms with Crippen LogP contribution in [0.2, 0.25) is 13.1 Å². The lowest BCUT2D eigenvalue weighted by Gasteiger charge is -2.67. The van der Waals surface area contributed by atoms with Gasteiger partial charge in [-0.05, 0) is 100 Å². The van der Waals surface area contributed by atoms with Crippen LogP contribution in [0.4, 0.5) is 11.4 Å². The molecule has 3 fully saturated rings. The van der Waals surface area contributed by atoms with Gasteiger partial charge in [-0.25, -0.2) is 9.59 Å². The molecule has 9 rings (SSSR count). The van der Waals surface area contributed by atoms with Gasteiger partial charge in [0.2, 0.25) is 5.91 Å². The van der Waals surface area contributed by atoms with E-state index < -0.39 is 109 Å². The van der Waals surface area contributed by atoms with Gasteiger partial charge in [-0.15, -0.1) is 0 Å². The minimum Gasteiger partial charge on any atom is -0.456 e. The van der Waals surface area contributed by atoms with E-state index >= 15 is 4.79 Å². The number of ketones is 1. The largest absolute Gasteiger partial charge is 0.456 e. The number of allylic oxidation sites excluding steroid dienone is 1. The zero-order valence-electron chi connectivity index (χ0n) is 45.4. The van der Waals surface area contributed by atoms with Crippen LogP contribution in [0.5, 0.6) is 0 Å². The summed E-state index contributed by atoms with van der Waals surface area (Å²) in [7, 11) is 5.89. The van der Waals surface area contributed by atoms with E-state index in [1.54, 1.807) is 62.4 Å². The Hall–Kier alpha value is -6.47. The van der Waals surface area contributed by atoms with E-state index in [1.807, 2.05) is 28.2 Å². The molecule has 0 aromatic heterocycles. The smallest absolute Gasteiger partial charge is 0.338 e. The van der Waals surface area contributed by atoms with Crippen molar-refractivity contribution in [1.29, 1.82) is 0 Å². The molecule has 11 atom stereocenters. The number of carbonyl (C=O) groups is 5. The highest BCUT2D eigenvalue weighted by Gasteiger charge is 2.78. The first-order valence-corrected chi connectivity index (χ1v) is 29.3. The van der Waals surface area contributed by atoms with E-state index in [0.717, 1.165) is 28.1 Å². The van der Waals surface area contributed by atoms with Crippen molar-refractivity contribution in [3.63, 3.8) is 0 Å². The molecule has 2 aliphatic heterocycles. The fourth-order valence-corrected chi connectivity index (χ4v) is 16.3. The third-order valence-electron chi connectivity index (χ3n) is 17.8. The van der Waals surface area contributed by atoms with Crippen LogP contribution in [-0.4, -0.2) is 141 Å². The Morgan fingerprint density at radius 1 is 0.870 bits per heavy atom. The Morgan fingerprint density at radius 2 is 1.45 bits per heavy atom. The molecule has 16 nitrogen and oxygen atoms in total. The summed E-state index contributed by atoms with van der Waals surface area (Å²) in [4.78, 5) is 74.8. The highest BCUT2D eigenvalue weighted by molar-refractivity contribution is 7.02. The number of anilines is 2. The van der Waals surface area contributed by atoms with Gasteiger partial charge in [-0.3, -0.25) is 14.4 Å². The van der Waals surface area contributed by atoms with Gasteiger partial charge in [-0.2, -0.15) is 0 Å². The van der Waals surface area contributed by atoms with Crippen LogP contribution >= 0.6 is 0 Å². The minimum absolute atomic E-state index is 0.00735. The lowest BCUT2D eigenvalue weighted by atomic mass is 9.44. The first-order chi connectivity index (χ1) is 36.3. The number of fused-ring (bicyclic) bond motifs is 7. The average molecular weight is 1070 g/mol. The van der Waals surface area contributed by atoms with E-state index in [0.29, 0.717) is 12.0 Å². The summed E-state index contributed by atoms with van der Waals surface area (Å²) in [5.41, 5.74) is -1.73. The number of rotatable bonds is 14. The Bertz CT molecular complexity index is 2990. The molecule has 77 heavy (non-hydrogen) atoms. The topological polar surface area (TPSA) is 222 Å². The van der Waals surface area contributed by atoms with E-state index in [2.05, 4.69) is 70.7 Å². The number of aliphatic hydroxyl groups is 4. The van der Waals surface area contributed by atoms with Crippen molar-refractivity contribution in [2.24, 2.45) is 16.7 Å². The highest BCUT2D eigenvalue weighted by atomic mass is 28.3. The first kappa shape index (κ1) is 55.3. The Labute approximate surface area is 450 Å². The Balaban J connectivity index is 1.03. The van der Waals surface area contributed by atoms with Crippen molar-refractivity contribution < 1.29 is 63.3 Å². The summed E-state index contributed by atoms with van der Waals surface area (Å²) in [5, 5.41) is 55.6. The quantitative estimate of drug-likeness (QED) is 0.0382. The molecule has 2 bridgehead atoms. The summed E-state index contributed by atoms with van der Waals surface area (Å²) in [6, 6.07) is 28.1.